The van der Waals surface area contributed by atoms with Crippen LogP contribution in [-0.4, -0.2) is 7.05 Å². The molecule has 0 aliphatic heterocycles. The molecule has 0 fully saturated rings. The second kappa shape index (κ2) is 5.00. The minimum Gasteiger partial charge on any atom is -0.309 e. The van der Waals surface area contributed by atoms with E-state index < -0.39 is 0 Å². The van der Waals surface area contributed by atoms with Gasteiger partial charge in [-0.1, -0.05) is 0 Å². The molecule has 0 saturated carbocycles. The Morgan fingerprint density at radius 3 is 2.56 bits per heavy atom. The van der Waals surface area contributed by atoms with Gasteiger partial charge in [-0.15, -0.1) is 22.7 Å². The van der Waals surface area contributed by atoms with Crippen LogP contribution in [0.4, 0.5) is 0 Å². The van der Waals surface area contributed by atoms with Crippen LogP contribution in [0.2, 0.25) is 0 Å². The van der Waals surface area contributed by atoms with Gasteiger partial charge >= 0.3 is 0 Å². The highest BCUT2D eigenvalue weighted by Crippen LogP contribution is 2.36. The Hall–Kier alpha value is -0.160. The zero-order valence-electron chi connectivity index (χ0n) is 9.50. The van der Waals surface area contributed by atoms with Crippen molar-refractivity contribution in [2.24, 2.45) is 0 Å². The molecule has 16 heavy (non-hydrogen) atoms. The number of hydrogen-bond acceptors (Lipinski definition) is 3. The Kier molecular flexibility index (Phi) is 3.85. The van der Waals surface area contributed by atoms with Crippen LogP contribution < -0.4 is 5.32 Å². The molecule has 0 aliphatic rings. The molecule has 2 rings (SSSR count). The standard InChI is InChI=1S/C12H14BrNS2/c1-7-6-10(16-12(7)13)11(14-3)9-4-5-15-8(9)2/h4-6,11,14H,1-3H3. The lowest BCUT2D eigenvalue weighted by atomic mass is 10.1. The predicted molar refractivity (Wildman–Crippen MR) is 76.7 cm³/mol. The van der Waals surface area contributed by atoms with Gasteiger partial charge in [0.05, 0.1) is 9.83 Å². The summed E-state index contributed by atoms with van der Waals surface area (Å²) in [6, 6.07) is 4.79. The normalized spacial score (nSPS) is 13.0. The smallest absolute Gasteiger partial charge is 0.0731 e. The van der Waals surface area contributed by atoms with Gasteiger partial charge in [-0.05, 0) is 65.5 Å². The van der Waals surface area contributed by atoms with Crippen LogP contribution in [-0.2, 0) is 0 Å². The van der Waals surface area contributed by atoms with E-state index in [2.05, 4.69) is 52.6 Å². The van der Waals surface area contributed by atoms with Gasteiger partial charge in [-0.25, -0.2) is 0 Å². The van der Waals surface area contributed by atoms with Crippen LogP contribution in [0.15, 0.2) is 21.3 Å². The van der Waals surface area contributed by atoms with Gasteiger partial charge in [-0.2, -0.15) is 0 Å². The van der Waals surface area contributed by atoms with Gasteiger partial charge in [0.25, 0.3) is 0 Å². The van der Waals surface area contributed by atoms with Gasteiger partial charge < -0.3 is 5.32 Å². The first-order valence-electron chi connectivity index (χ1n) is 5.10. The second-order valence-corrected chi connectivity index (χ2v) is 7.28. The maximum atomic E-state index is 3.59. The zero-order chi connectivity index (χ0) is 11.7. The molecule has 86 valence electrons. The zero-order valence-corrected chi connectivity index (χ0v) is 12.7. The highest BCUT2D eigenvalue weighted by molar-refractivity contribution is 9.11. The van der Waals surface area contributed by atoms with Crippen molar-refractivity contribution in [3.05, 3.63) is 42.2 Å². The molecule has 0 aromatic carbocycles. The van der Waals surface area contributed by atoms with E-state index in [9.17, 15) is 0 Å². The molecule has 1 nitrogen and oxygen atoms in total. The summed E-state index contributed by atoms with van der Waals surface area (Å²) in [5, 5.41) is 5.56. The van der Waals surface area contributed by atoms with Gasteiger partial charge in [0.2, 0.25) is 0 Å². The fourth-order valence-corrected chi connectivity index (χ4v) is 4.21. The Bertz CT molecular complexity index is 467. The molecule has 1 atom stereocenters. The number of rotatable bonds is 3. The van der Waals surface area contributed by atoms with Crippen LogP contribution in [0.5, 0.6) is 0 Å². The van der Waals surface area contributed by atoms with E-state index in [1.54, 1.807) is 11.3 Å². The molecule has 1 unspecified atom stereocenters. The van der Waals surface area contributed by atoms with E-state index in [0.29, 0.717) is 6.04 Å². The third-order valence-corrected chi connectivity index (χ3v) is 5.72. The summed E-state index contributed by atoms with van der Waals surface area (Å²) in [7, 11) is 2.02. The quantitative estimate of drug-likeness (QED) is 0.879. The molecule has 2 heterocycles. The fraction of sp³-hybridized carbons (Fsp3) is 0.333. The Morgan fingerprint density at radius 1 is 1.38 bits per heavy atom. The van der Waals surface area contributed by atoms with Crippen molar-refractivity contribution in [2.75, 3.05) is 7.05 Å². The molecule has 2 aromatic rings. The topological polar surface area (TPSA) is 12.0 Å². The van der Waals surface area contributed by atoms with E-state index in [0.717, 1.165) is 0 Å². The summed E-state index contributed by atoms with van der Waals surface area (Å²) in [6.07, 6.45) is 0. The van der Waals surface area contributed by atoms with Gasteiger partial charge in [-0.3, -0.25) is 0 Å². The third-order valence-electron chi connectivity index (χ3n) is 2.66. The van der Waals surface area contributed by atoms with E-state index in [4.69, 9.17) is 0 Å². The SMILES string of the molecule is CNC(c1cc(C)c(Br)s1)c1ccsc1C. The van der Waals surface area contributed by atoms with Crippen LogP contribution in [0.1, 0.15) is 26.9 Å². The first-order chi connectivity index (χ1) is 7.63. The average molecular weight is 316 g/mol. The molecule has 1 N–H and O–H groups in total. The van der Waals surface area contributed by atoms with Crippen LogP contribution >= 0.6 is 38.6 Å². The van der Waals surface area contributed by atoms with Crippen molar-refractivity contribution in [3.63, 3.8) is 0 Å². The van der Waals surface area contributed by atoms with Crippen LogP contribution in [0, 0.1) is 13.8 Å². The summed E-state index contributed by atoms with van der Waals surface area (Å²) in [6.45, 7) is 4.32. The molecule has 0 amide bonds. The molecule has 0 bridgehead atoms. The first kappa shape index (κ1) is 12.3. The van der Waals surface area contributed by atoms with E-state index in [1.807, 2.05) is 18.4 Å². The van der Waals surface area contributed by atoms with Gasteiger partial charge in [0.15, 0.2) is 0 Å². The van der Waals surface area contributed by atoms with Crippen LogP contribution in [0.3, 0.4) is 0 Å². The molecule has 0 spiro atoms. The third kappa shape index (κ3) is 2.25. The molecule has 0 aliphatic carbocycles. The summed E-state index contributed by atoms with van der Waals surface area (Å²) in [4.78, 5) is 2.76. The van der Waals surface area contributed by atoms with Crippen molar-refractivity contribution in [3.8, 4) is 0 Å². The van der Waals surface area contributed by atoms with Gasteiger partial charge in [0, 0.05) is 9.75 Å². The second-order valence-electron chi connectivity index (χ2n) is 3.76. The maximum Gasteiger partial charge on any atom is 0.0731 e. The molecular formula is C12H14BrNS2. The van der Waals surface area contributed by atoms with E-state index >= 15 is 0 Å². The highest BCUT2D eigenvalue weighted by atomic mass is 79.9. The van der Waals surface area contributed by atoms with Crippen molar-refractivity contribution in [1.82, 2.24) is 5.32 Å². The Labute approximate surface area is 113 Å². The van der Waals surface area contributed by atoms with Crippen molar-refractivity contribution < 1.29 is 0 Å². The fourth-order valence-electron chi connectivity index (χ4n) is 1.77. The molecule has 4 heteroatoms. The lowest BCUT2D eigenvalue weighted by Crippen LogP contribution is -2.16. The number of hydrogen-bond donors (Lipinski definition) is 1. The minimum absolute atomic E-state index is 0.321. The Morgan fingerprint density at radius 2 is 2.12 bits per heavy atom. The molecule has 2 aromatic heterocycles. The van der Waals surface area contributed by atoms with Gasteiger partial charge in [0.1, 0.15) is 0 Å². The maximum absolute atomic E-state index is 3.59. The average Bonchev–Trinajstić information content (AvgIpc) is 2.78. The number of halogens is 1. The highest BCUT2D eigenvalue weighted by Gasteiger charge is 2.17. The lowest BCUT2D eigenvalue weighted by molar-refractivity contribution is 0.702. The summed E-state index contributed by atoms with van der Waals surface area (Å²) < 4.78 is 1.23. The number of aryl methyl sites for hydroxylation is 2. The molecule has 0 saturated heterocycles. The summed E-state index contributed by atoms with van der Waals surface area (Å²) in [5.74, 6) is 0. The predicted octanol–water partition coefficient (Wildman–Crippen LogP) is 4.50. The number of thiophene rings is 2. The van der Waals surface area contributed by atoms with E-state index in [1.165, 1.54) is 24.7 Å². The van der Waals surface area contributed by atoms with Crippen LogP contribution in [0.25, 0.3) is 0 Å². The lowest BCUT2D eigenvalue weighted by Gasteiger charge is -2.14. The van der Waals surface area contributed by atoms with Crippen molar-refractivity contribution in [1.29, 1.82) is 0 Å². The first-order valence-corrected chi connectivity index (χ1v) is 7.59. The molecular weight excluding hydrogens is 302 g/mol. The van der Waals surface area contributed by atoms with Crippen molar-refractivity contribution >= 4 is 38.6 Å². The monoisotopic (exact) mass is 315 g/mol. The number of nitrogens with one attached hydrogen (secondary N) is 1. The largest absolute Gasteiger partial charge is 0.309 e. The Balaban J connectivity index is 2.40. The molecule has 0 radical (unpaired) electrons. The summed E-state index contributed by atoms with van der Waals surface area (Å²) in [5.41, 5.74) is 2.70. The van der Waals surface area contributed by atoms with Crippen molar-refractivity contribution in [2.45, 2.75) is 19.9 Å². The summed E-state index contributed by atoms with van der Waals surface area (Å²) >= 11 is 7.21. The van der Waals surface area contributed by atoms with E-state index in [-0.39, 0.29) is 0 Å². The minimum atomic E-state index is 0.321.